The number of methoxy groups -OCH3 is 1. The molecule has 1 heterocycles. The van der Waals surface area contributed by atoms with Gasteiger partial charge in [-0.25, -0.2) is 0 Å². The average Bonchev–Trinajstić information content (AvgIpc) is 2.53. The second-order valence-electron chi connectivity index (χ2n) is 5.08. The van der Waals surface area contributed by atoms with E-state index in [0.29, 0.717) is 17.0 Å². The Kier molecular flexibility index (Phi) is 5.03. The maximum absolute atomic E-state index is 12.0. The summed E-state index contributed by atoms with van der Waals surface area (Å²) in [5, 5.41) is 2.63. The lowest BCUT2D eigenvalue weighted by atomic mass is 10.1. The maximum atomic E-state index is 12.0. The van der Waals surface area contributed by atoms with Gasteiger partial charge in [-0.05, 0) is 37.5 Å². The van der Waals surface area contributed by atoms with Gasteiger partial charge in [0, 0.05) is 18.7 Å². The maximum Gasteiger partial charge on any atom is 0.251 e. The second kappa shape index (κ2) is 6.97. The summed E-state index contributed by atoms with van der Waals surface area (Å²) in [6.07, 6.45) is 3.24. The molecule has 0 unspecified atom stereocenters. The first kappa shape index (κ1) is 15.2. The number of benzene rings is 1. The van der Waals surface area contributed by atoms with Crippen molar-refractivity contribution in [3.05, 3.63) is 23.8 Å². The minimum atomic E-state index is -0.310. The van der Waals surface area contributed by atoms with Crippen molar-refractivity contribution in [2.75, 3.05) is 32.5 Å². The van der Waals surface area contributed by atoms with Gasteiger partial charge in [-0.3, -0.25) is 9.59 Å². The molecule has 1 fully saturated rings. The summed E-state index contributed by atoms with van der Waals surface area (Å²) < 4.78 is 5.04. The van der Waals surface area contributed by atoms with Gasteiger partial charge in [0.15, 0.2) is 0 Å². The molecular weight excluding hydrogens is 270 g/mol. The number of carbonyl (C=O) groups excluding carboxylic acids is 2. The number of nitrogens with two attached hydrogens (primary N) is 1. The number of nitrogens with one attached hydrogen (secondary N) is 1. The second-order valence-corrected chi connectivity index (χ2v) is 5.08. The molecule has 3 N–H and O–H groups in total. The van der Waals surface area contributed by atoms with Gasteiger partial charge in [-0.15, -0.1) is 0 Å². The van der Waals surface area contributed by atoms with Crippen molar-refractivity contribution in [3.63, 3.8) is 0 Å². The number of piperidine rings is 1. The molecule has 6 heteroatoms. The Morgan fingerprint density at radius 3 is 2.62 bits per heavy atom. The van der Waals surface area contributed by atoms with Crippen LogP contribution < -0.4 is 15.8 Å². The van der Waals surface area contributed by atoms with E-state index < -0.39 is 0 Å². The van der Waals surface area contributed by atoms with E-state index in [9.17, 15) is 9.59 Å². The molecule has 1 saturated heterocycles. The van der Waals surface area contributed by atoms with Gasteiger partial charge in [0.25, 0.3) is 5.91 Å². The van der Waals surface area contributed by atoms with Gasteiger partial charge in [0.05, 0.1) is 19.3 Å². The number of amides is 2. The topological polar surface area (TPSA) is 84.7 Å². The van der Waals surface area contributed by atoms with Gasteiger partial charge in [0.1, 0.15) is 5.75 Å². The van der Waals surface area contributed by atoms with E-state index in [1.54, 1.807) is 23.1 Å². The number of hydrogen-bond acceptors (Lipinski definition) is 4. The lowest BCUT2D eigenvalue weighted by Gasteiger charge is -2.26. The molecule has 0 saturated carbocycles. The molecular formula is C15H21N3O3. The standard InChI is InChI=1S/C15H21N3O3/c1-21-13-6-5-11(9-12(13)16)15(20)17-10-14(19)18-7-3-2-4-8-18/h5-6,9H,2-4,7-8,10,16H2,1H3,(H,17,20). The number of carbonyl (C=O) groups is 2. The summed E-state index contributed by atoms with van der Waals surface area (Å²) in [7, 11) is 1.52. The fraction of sp³-hybridized carbons (Fsp3) is 0.467. The fourth-order valence-electron chi connectivity index (χ4n) is 2.39. The normalized spacial score (nSPS) is 14.6. The largest absolute Gasteiger partial charge is 0.495 e. The summed E-state index contributed by atoms with van der Waals surface area (Å²) >= 11 is 0. The van der Waals surface area contributed by atoms with E-state index >= 15 is 0 Å². The fourth-order valence-corrected chi connectivity index (χ4v) is 2.39. The number of nitrogens with zero attached hydrogens (tertiary/aromatic N) is 1. The third-order valence-electron chi connectivity index (χ3n) is 3.60. The van der Waals surface area contributed by atoms with Crippen LogP contribution in [0, 0.1) is 0 Å². The van der Waals surface area contributed by atoms with Crippen LogP contribution in [0.25, 0.3) is 0 Å². The monoisotopic (exact) mass is 291 g/mol. The smallest absolute Gasteiger partial charge is 0.251 e. The molecule has 114 valence electrons. The molecule has 1 aromatic carbocycles. The van der Waals surface area contributed by atoms with Crippen molar-refractivity contribution >= 4 is 17.5 Å². The highest BCUT2D eigenvalue weighted by Crippen LogP contribution is 2.21. The highest BCUT2D eigenvalue weighted by molar-refractivity contribution is 5.97. The van der Waals surface area contributed by atoms with Gasteiger partial charge in [-0.2, -0.15) is 0 Å². The Bertz CT molecular complexity index is 525. The van der Waals surface area contributed by atoms with E-state index in [2.05, 4.69) is 5.32 Å². The lowest BCUT2D eigenvalue weighted by Crippen LogP contribution is -2.42. The van der Waals surface area contributed by atoms with Gasteiger partial charge >= 0.3 is 0 Å². The molecule has 2 rings (SSSR count). The van der Waals surface area contributed by atoms with Crippen LogP contribution in [0.2, 0.25) is 0 Å². The van der Waals surface area contributed by atoms with Crippen molar-refractivity contribution in [2.24, 2.45) is 0 Å². The molecule has 0 aromatic heterocycles. The minimum Gasteiger partial charge on any atom is -0.495 e. The van der Waals surface area contributed by atoms with Crippen LogP contribution in [0.4, 0.5) is 5.69 Å². The predicted molar refractivity (Wildman–Crippen MR) is 80.2 cm³/mol. The Morgan fingerprint density at radius 2 is 2.00 bits per heavy atom. The molecule has 0 aliphatic carbocycles. The molecule has 6 nitrogen and oxygen atoms in total. The van der Waals surface area contributed by atoms with Crippen LogP contribution in [0.3, 0.4) is 0 Å². The number of hydrogen-bond donors (Lipinski definition) is 2. The minimum absolute atomic E-state index is 0.0186. The first-order chi connectivity index (χ1) is 10.1. The van der Waals surface area contributed by atoms with Crippen LogP contribution in [0.15, 0.2) is 18.2 Å². The predicted octanol–water partition coefficient (Wildman–Crippen LogP) is 1.02. The van der Waals surface area contributed by atoms with Crippen molar-refractivity contribution in [2.45, 2.75) is 19.3 Å². The molecule has 1 aliphatic rings. The Labute approximate surface area is 124 Å². The Hall–Kier alpha value is -2.24. The van der Waals surface area contributed by atoms with Crippen LogP contribution in [0.5, 0.6) is 5.75 Å². The molecule has 2 amide bonds. The van der Waals surface area contributed by atoms with Gasteiger partial charge in [-0.1, -0.05) is 0 Å². The number of likely N-dealkylation sites (tertiary alicyclic amines) is 1. The van der Waals surface area contributed by atoms with Crippen molar-refractivity contribution < 1.29 is 14.3 Å². The van der Waals surface area contributed by atoms with Gasteiger partial charge < -0.3 is 20.7 Å². The molecule has 0 bridgehead atoms. The third kappa shape index (κ3) is 3.87. The number of anilines is 1. The van der Waals surface area contributed by atoms with E-state index in [4.69, 9.17) is 10.5 Å². The summed E-state index contributed by atoms with van der Waals surface area (Å²) in [4.78, 5) is 25.8. The van der Waals surface area contributed by atoms with E-state index in [1.165, 1.54) is 13.5 Å². The highest BCUT2D eigenvalue weighted by Gasteiger charge is 2.17. The highest BCUT2D eigenvalue weighted by atomic mass is 16.5. The summed E-state index contributed by atoms with van der Waals surface area (Å²) in [5.41, 5.74) is 6.57. The zero-order valence-electron chi connectivity index (χ0n) is 12.2. The van der Waals surface area contributed by atoms with Crippen LogP contribution >= 0.6 is 0 Å². The molecule has 0 radical (unpaired) electrons. The van der Waals surface area contributed by atoms with Crippen LogP contribution in [-0.4, -0.2) is 43.5 Å². The van der Waals surface area contributed by atoms with Crippen LogP contribution in [0.1, 0.15) is 29.6 Å². The average molecular weight is 291 g/mol. The Balaban J connectivity index is 1.89. The first-order valence-corrected chi connectivity index (χ1v) is 7.11. The van der Waals surface area contributed by atoms with Crippen LogP contribution in [-0.2, 0) is 4.79 Å². The molecule has 0 atom stereocenters. The summed E-state index contributed by atoms with van der Waals surface area (Å²) in [5.74, 6) is 0.176. The van der Waals surface area contributed by atoms with Crippen molar-refractivity contribution in [1.82, 2.24) is 10.2 Å². The molecule has 0 spiro atoms. The Morgan fingerprint density at radius 1 is 1.29 bits per heavy atom. The van der Waals surface area contributed by atoms with E-state index in [-0.39, 0.29) is 18.4 Å². The van der Waals surface area contributed by atoms with Crippen molar-refractivity contribution in [1.29, 1.82) is 0 Å². The third-order valence-corrected chi connectivity index (χ3v) is 3.60. The zero-order chi connectivity index (χ0) is 15.2. The van der Waals surface area contributed by atoms with E-state index in [0.717, 1.165) is 25.9 Å². The van der Waals surface area contributed by atoms with Gasteiger partial charge in [0.2, 0.25) is 5.91 Å². The number of rotatable bonds is 4. The molecule has 1 aromatic rings. The van der Waals surface area contributed by atoms with Crippen molar-refractivity contribution in [3.8, 4) is 5.75 Å². The first-order valence-electron chi connectivity index (χ1n) is 7.11. The quantitative estimate of drug-likeness (QED) is 0.811. The number of ether oxygens (including phenoxy) is 1. The molecule has 21 heavy (non-hydrogen) atoms. The summed E-state index contributed by atoms with van der Waals surface area (Å²) in [6, 6.07) is 4.80. The number of nitrogen functional groups attached to an aromatic ring is 1. The molecule has 1 aliphatic heterocycles. The summed E-state index contributed by atoms with van der Waals surface area (Å²) in [6.45, 7) is 1.58. The SMILES string of the molecule is COc1ccc(C(=O)NCC(=O)N2CCCCC2)cc1N. The zero-order valence-corrected chi connectivity index (χ0v) is 12.2. The van der Waals surface area contributed by atoms with E-state index in [1.807, 2.05) is 0 Å². The lowest BCUT2D eigenvalue weighted by molar-refractivity contribution is -0.130.